The largest absolute Gasteiger partial charge is 0.493 e. The molecule has 37 heavy (non-hydrogen) atoms. The molecule has 2 aromatic rings. The number of benzene rings is 2. The number of hydrogen-bond acceptors (Lipinski definition) is 6. The molecule has 0 saturated carbocycles. The molecular formula is C28H40N2O6Si. The van der Waals surface area contributed by atoms with Crippen LogP contribution < -0.4 is 14.8 Å². The lowest BCUT2D eigenvalue weighted by molar-refractivity contribution is 0.0684. The molecule has 1 aliphatic heterocycles. The second-order valence-corrected chi connectivity index (χ2v) is 15.6. The quantitative estimate of drug-likeness (QED) is 0.397. The van der Waals surface area contributed by atoms with Gasteiger partial charge in [-0.05, 0) is 42.6 Å². The van der Waals surface area contributed by atoms with Crippen molar-refractivity contribution in [2.24, 2.45) is 0 Å². The maximum absolute atomic E-state index is 13.8. The van der Waals surface area contributed by atoms with E-state index >= 15 is 0 Å². The summed E-state index contributed by atoms with van der Waals surface area (Å²) in [6.07, 6.45) is 1.10. The molecule has 0 spiro atoms. The van der Waals surface area contributed by atoms with Crippen molar-refractivity contribution in [1.29, 1.82) is 0 Å². The van der Waals surface area contributed by atoms with Crippen molar-refractivity contribution in [3.8, 4) is 11.5 Å². The number of likely N-dealkylation sites (tertiary alicyclic amines) is 1. The van der Waals surface area contributed by atoms with Gasteiger partial charge in [-0.1, -0.05) is 51.1 Å². The van der Waals surface area contributed by atoms with Gasteiger partial charge in [0.15, 0.2) is 19.8 Å². The number of anilines is 1. The summed E-state index contributed by atoms with van der Waals surface area (Å²) in [6, 6.07) is 12.6. The Morgan fingerprint density at radius 1 is 1.05 bits per heavy atom. The van der Waals surface area contributed by atoms with Gasteiger partial charge in [0.1, 0.15) is 6.61 Å². The third kappa shape index (κ3) is 7.04. The van der Waals surface area contributed by atoms with Gasteiger partial charge in [0.2, 0.25) is 0 Å². The van der Waals surface area contributed by atoms with Crippen molar-refractivity contribution < 1.29 is 28.2 Å². The Kier molecular flexibility index (Phi) is 9.25. The zero-order valence-electron chi connectivity index (χ0n) is 23.1. The molecule has 1 heterocycles. The lowest BCUT2D eigenvalue weighted by Crippen LogP contribution is -2.46. The molecule has 0 radical (unpaired) electrons. The van der Waals surface area contributed by atoms with Crippen molar-refractivity contribution in [3.05, 3.63) is 53.6 Å². The van der Waals surface area contributed by atoms with E-state index in [4.69, 9.17) is 18.6 Å². The average Bonchev–Trinajstić information content (AvgIpc) is 3.34. The number of carbonyl (C=O) groups excluding carboxylic acids is 2. The summed E-state index contributed by atoms with van der Waals surface area (Å²) in [5.41, 5.74) is 1.48. The lowest BCUT2D eigenvalue weighted by Gasteiger charge is -2.38. The van der Waals surface area contributed by atoms with Crippen LogP contribution in [0, 0.1) is 0 Å². The van der Waals surface area contributed by atoms with Crippen LogP contribution in [0.5, 0.6) is 11.5 Å². The number of carbonyl (C=O) groups is 2. The monoisotopic (exact) mass is 528 g/mol. The number of hydrogen-bond donors (Lipinski definition) is 1. The van der Waals surface area contributed by atoms with Crippen LogP contribution in [0.3, 0.4) is 0 Å². The van der Waals surface area contributed by atoms with E-state index in [0.29, 0.717) is 35.9 Å². The molecule has 1 N–H and O–H groups in total. The van der Waals surface area contributed by atoms with Crippen LogP contribution in [0.15, 0.2) is 42.5 Å². The molecule has 3 rings (SSSR count). The molecule has 0 aromatic heterocycles. The van der Waals surface area contributed by atoms with Crippen LogP contribution in [-0.2, 0) is 15.8 Å². The first-order valence-corrected chi connectivity index (χ1v) is 15.6. The number of nitrogens with zero attached hydrogens (tertiary/aromatic N) is 1. The third-order valence-corrected chi connectivity index (χ3v) is 11.8. The Hall–Kier alpha value is -3.04. The van der Waals surface area contributed by atoms with Gasteiger partial charge in [0, 0.05) is 12.6 Å². The van der Waals surface area contributed by atoms with Crippen LogP contribution in [-0.4, -0.2) is 58.6 Å². The number of nitrogens with one attached hydrogen (secondary N) is 1. The van der Waals surface area contributed by atoms with E-state index < -0.39 is 14.4 Å². The van der Waals surface area contributed by atoms with Crippen molar-refractivity contribution in [2.75, 3.05) is 32.7 Å². The first kappa shape index (κ1) is 28.5. The highest BCUT2D eigenvalue weighted by Gasteiger charge is 2.39. The Balaban J connectivity index is 1.81. The molecule has 0 bridgehead atoms. The van der Waals surface area contributed by atoms with Gasteiger partial charge >= 0.3 is 6.09 Å². The zero-order valence-corrected chi connectivity index (χ0v) is 24.1. The van der Waals surface area contributed by atoms with Crippen LogP contribution in [0.25, 0.3) is 0 Å². The highest BCUT2D eigenvalue weighted by Crippen LogP contribution is 2.38. The maximum atomic E-state index is 13.8. The van der Waals surface area contributed by atoms with Crippen LogP contribution in [0.4, 0.5) is 10.5 Å². The summed E-state index contributed by atoms with van der Waals surface area (Å²) in [5, 5.41) is 2.82. The second kappa shape index (κ2) is 12.0. The van der Waals surface area contributed by atoms with E-state index in [9.17, 15) is 9.59 Å². The molecule has 8 nitrogen and oxygen atoms in total. The van der Waals surface area contributed by atoms with Crippen molar-refractivity contribution in [3.63, 3.8) is 0 Å². The predicted molar refractivity (Wildman–Crippen MR) is 147 cm³/mol. The maximum Gasteiger partial charge on any atom is 0.411 e. The Morgan fingerprint density at radius 2 is 1.70 bits per heavy atom. The van der Waals surface area contributed by atoms with Gasteiger partial charge in [-0.3, -0.25) is 10.1 Å². The molecule has 1 aliphatic rings. The van der Waals surface area contributed by atoms with Crippen molar-refractivity contribution in [2.45, 2.75) is 64.4 Å². The van der Waals surface area contributed by atoms with E-state index in [1.165, 1.54) is 14.2 Å². The van der Waals surface area contributed by atoms with Crippen molar-refractivity contribution >= 4 is 26.0 Å². The first-order chi connectivity index (χ1) is 17.5. The molecule has 2 amide bonds. The minimum Gasteiger partial charge on any atom is -0.493 e. The van der Waals surface area contributed by atoms with Crippen LogP contribution >= 0.6 is 0 Å². The Labute approximate surface area is 221 Å². The molecule has 1 saturated heterocycles. The second-order valence-electron chi connectivity index (χ2n) is 10.8. The summed E-state index contributed by atoms with van der Waals surface area (Å²) in [5.74, 6) is 0.611. The SMILES string of the molecule is COc1cc(NC(=O)OCc2ccccc2)c(C(=O)N2CCC[C@H]2CO[Si](C)(C)C(C)(C)C)cc1OC. The van der Waals surface area contributed by atoms with Gasteiger partial charge < -0.3 is 23.5 Å². The fourth-order valence-corrected chi connectivity index (χ4v) is 5.02. The minimum atomic E-state index is -1.96. The zero-order chi connectivity index (χ0) is 27.2. The number of amides is 2. The molecule has 9 heteroatoms. The minimum absolute atomic E-state index is 0.0346. The average molecular weight is 529 g/mol. The normalized spacial score (nSPS) is 15.9. The Bertz CT molecular complexity index is 1080. The van der Waals surface area contributed by atoms with Gasteiger partial charge in [0.25, 0.3) is 5.91 Å². The summed E-state index contributed by atoms with van der Waals surface area (Å²) < 4.78 is 22.7. The molecule has 1 fully saturated rings. The van der Waals surface area contributed by atoms with E-state index in [2.05, 4.69) is 39.2 Å². The fourth-order valence-electron chi connectivity index (χ4n) is 3.98. The predicted octanol–water partition coefficient (Wildman–Crippen LogP) is 6.08. The highest BCUT2D eigenvalue weighted by atomic mass is 28.4. The van der Waals surface area contributed by atoms with Gasteiger partial charge in [-0.2, -0.15) is 0 Å². The summed E-state index contributed by atoms with van der Waals surface area (Å²) in [7, 11) is 1.06. The first-order valence-electron chi connectivity index (χ1n) is 12.7. The molecule has 0 aliphatic carbocycles. The van der Waals surface area contributed by atoms with Crippen LogP contribution in [0.2, 0.25) is 18.1 Å². The van der Waals surface area contributed by atoms with Gasteiger partial charge in [0.05, 0.1) is 38.1 Å². The smallest absolute Gasteiger partial charge is 0.411 e. The van der Waals surface area contributed by atoms with Gasteiger partial charge in [-0.15, -0.1) is 0 Å². The molecule has 2 aromatic carbocycles. The van der Waals surface area contributed by atoms with E-state index in [1.54, 1.807) is 12.1 Å². The van der Waals surface area contributed by atoms with E-state index in [0.717, 1.165) is 18.4 Å². The number of ether oxygens (including phenoxy) is 3. The number of methoxy groups -OCH3 is 2. The standard InChI is InChI=1S/C28H40N2O6Si/c1-28(2,3)37(6,7)36-19-21-14-11-15-30(21)26(31)22-16-24(33-4)25(34-5)17-23(22)29-27(32)35-18-20-12-9-8-10-13-20/h8-10,12-13,16-17,21H,11,14-15,18-19H2,1-7H3,(H,29,32)/t21-/m0/s1. The topological polar surface area (TPSA) is 86.3 Å². The Morgan fingerprint density at radius 3 is 2.32 bits per heavy atom. The molecular weight excluding hydrogens is 488 g/mol. The summed E-state index contributed by atoms with van der Waals surface area (Å²) >= 11 is 0. The molecule has 1 atom stereocenters. The van der Waals surface area contributed by atoms with E-state index in [1.807, 2.05) is 35.2 Å². The lowest BCUT2D eigenvalue weighted by atomic mass is 10.1. The summed E-state index contributed by atoms with van der Waals surface area (Å²) in [4.78, 5) is 28.3. The molecule has 0 unspecified atom stereocenters. The van der Waals surface area contributed by atoms with E-state index in [-0.39, 0.29) is 23.6 Å². The highest BCUT2D eigenvalue weighted by molar-refractivity contribution is 6.74. The number of rotatable bonds is 9. The summed E-state index contributed by atoms with van der Waals surface area (Å²) in [6.45, 7) is 12.3. The molecule has 202 valence electrons. The van der Waals surface area contributed by atoms with Gasteiger partial charge in [-0.25, -0.2) is 4.79 Å². The fraction of sp³-hybridized carbons (Fsp3) is 0.500. The van der Waals surface area contributed by atoms with Crippen molar-refractivity contribution in [1.82, 2.24) is 4.90 Å². The van der Waals surface area contributed by atoms with Crippen LogP contribution in [0.1, 0.15) is 49.5 Å². The third-order valence-electron chi connectivity index (χ3n) is 7.28.